The number of halogens is 1. The first kappa shape index (κ1) is 14.5. The third kappa shape index (κ3) is 3.62. The minimum Gasteiger partial charge on any atom is -0.371 e. The Balaban J connectivity index is 1.76. The van der Waals surface area contributed by atoms with Crippen molar-refractivity contribution < 1.29 is 4.74 Å². The normalized spacial score (nSPS) is 18.7. The van der Waals surface area contributed by atoms with Gasteiger partial charge in [-0.3, -0.25) is 4.98 Å². The maximum absolute atomic E-state index is 5.87. The van der Waals surface area contributed by atoms with Gasteiger partial charge in [-0.1, -0.05) is 29.8 Å². The maximum Gasteiger partial charge on any atom is 0.0949 e. The summed E-state index contributed by atoms with van der Waals surface area (Å²) >= 11 is 5.87. The number of ether oxygens (including phenoxy) is 1. The van der Waals surface area contributed by atoms with E-state index in [1.54, 1.807) is 6.20 Å². The van der Waals surface area contributed by atoms with Gasteiger partial charge < -0.3 is 10.1 Å². The van der Waals surface area contributed by atoms with Crippen molar-refractivity contribution in [2.45, 2.75) is 19.4 Å². The van der Waals surface area contributed by atoms with E-state index in [2.05, 4.69) is 35.4 Å². The van der Waals surface area contributed by atoms with Gasteiger partial charge in [-0.2, -0.15) is 0 Å². The van der Waals surface area contributed by atoms with E-state index in [9.17, 15) is 0 Å². The zero-order valence-electron chi connectivity index (χ0n) is 12.1. The summed E-state index contributed by atoms with van der Waals surface area (Å²) in [6, 6.07) is 10.4. The van der Waals surface area contributed by atoms with Crippen LogP contribution in [-0.2, 0) is 11.2 Å². The average molecular weight is 303 g/mol. The Labute approximate surface area is 130 Å². The second kappa shape index (κ2) is 6.56. The maximum atomic E-state index is 5.87. The van der Waals surface area contributed by atoms with Crippen molar-refractivity contribution in [3.05, 3.63) is 63.9 Å². The number of benzene rings is 1. The Kier molecular flexibility index (Phi) is 4.54. The summed E-state index contributed by atoms with van der Waals surface area (Å²) in [6.07, 6.45) is 2.69. The number of nitrogens with zero attached hydrogens (tertiary/aromatic N) is 1. The minimum atomic E-state index is 0.167. The molecule has 2 heterocycles. The lowest BCUT2D eigenvalue weighted by atomic mass is 9.98. The second-order valence-corrected chi connectivity index (χ2v) is 5.83. The van der Waals surface area contributed by atoms with Crippen LogP contribution >= 0.6 is 11.6 Å². The molecule has 1 saturated heterocycles. The summed E-state index contributed by atoms with van der Waals surface area (Å²) in [5.41, 5.74) is 4.84. The molecule has 1 aliphatic rings. The summed E-state index contributed by atoms with van der Waals surface area (Å²) < 4.78 is 5.80. The fourth-order valence-corrected chi connectivity index (χ4v) is 2.72. The van der Waals surface area contributed by atoms with Gasteiger partial charge in [0.2, 0.25) is 0 Å². The Morgan fingerprint density at radius 2 is 2.24 bits per heavy atom. The molecule has 1 atom stereocenters. The number of hydrogen-bond donors (Lipinski definition) is 1. The minimum absolute atomic E-state index is 0.167. The van der Waals surface area contributed by atoms with Gasteiger partial charge in [0.05, 0.1) is 17.7 Å². The van der Waals surface area contributed by atoms with Gasteiger partial charge in [-0.15, -0.1) is 0 Å². The van der Waals surface area contributed by atoms with Gasteiger partial charge in [0, 0.05) is 31.4 Å². The van der Waals surface area contributed by atoms with Crippen LogP contribution < -0.4 is 5.32 Å². The molecule has 1 aliphatic heterocycles. The predicted molar refractivity (Wildman–Crippen MR) is 84.8 cm³/mol. The van der Waals surface area contributed by atoms with Crippen molar-refractivity contribution in [1.82, 2.24) is 10.3 Å². The van der Waals surface area contributed by atoms with Crippen LogP contribution in [0.5, 0.6) is 0 Å². The molecule has 1 unspecified atom stereocenters. The van der Waals surface area contributed by atoms with Gasteiger partial charge in [-0.05, 0) is 35.7 Å². The smallest absolute Gasteiger partial charge is 0.0949 e. The molecular formula is C17H19ClN2O. The molecule has 0 bridgehead atoms. The van der Waals surface area contributed by atoms with Crippen LogP contribution in [0.15, 0.2) is 36.5 Å². The molecule has 0 aliphatic carbocycles. The molecule has 0 amide bonds. The Morgan fingerprint density at radius 3 is 2.90 bits per heavy atom. The summed E-state index contributed by atoms with van der Waals surface area (Å²) in [4.78, 5) is 4.36. The molecule has 3 nitrogen and oxygen atoms in total. The van der Waals surface area contributed by atoms with Gasteiger partial charge >= 0.3 is 0 Å². The van der Waals surface area contributed by atoms with Crippen molar-refractivity contribution in [3.63, 3.8) is 0 Å². The second-order valence-electron chi connectivity index (χ2n) is 5.39. The molecule has 0 saturated carbocycles. The summed E-state index contributed by atoms with van der Waals surface area (Å²) in [6.45, 7) is 4.75. The number of aromatic nitrogens is 1. The highest BCUT2D eigenvalue weighted by Crippen LogP contribution is 2.23. The lowest BCUT2D eigenvalue weighted by molar-refractivity contribution is 0.0276. The summed E-state index contributed by atoms with van der Waals surface area (Å²) in [5, 5.41) is 4.04. The van der Waals surface area contributed by atoms with Crippen LogP contribution in [0.2, 0.25) is 5.02 Å². The molecule has 2 aromatic rings. The Hall–Kier alpha value is -1.42. The molecule has 1 aromatic heterocycles. The predicted octanol–water partition coefficient (Wildman–Crippen LogP) is 3.30. The molecule has 3 rings (SSSR count). The Bertz CT molecular complexity index is 607. The summed E-state index contributed by atoms with van der Waals surface area (Å²) in [7, 11) is 0. The largest absolute Gasteiger partial charge is 0.371 e. The lowest BCUT2D eigenvalue weighted by Gasteiger charge is -2.24. The fourth-order valence-electron chi connectivity index (χ4n) is 2.60. The summed E-state index contributed by atoms with van der Waals surface area (Å²) in [5.74, 6) is 0. The van der Waals surface area contributed by atoms with E-state index in [4.69, 9.17) is 16.3 Å². The van der Waals surface area contributed by atoms with E-state index in [-0.39, 0.29) is 6.10 Å². The van der Waals surface area contributed by atoms with Crippen molar-refractivity contribution in [1.29, 1.82) is 0 Å². The first-order valence-corrected chi connectivity index (χ1v) is 7.62. The van der Waals surface area contributed by atoms with Gasteiger partial charge in [-0.25, -0.2) is 0 Å². The monoisotopic (exact) mass is 302 g/mol. The molecule has 4 heteroatoms. The van der Waals surface area contributed by atoms with Crippen molar-refractivity contribution in [2.24, 2.45) is 0 Å². The van der Waals surface area contributed by atoms with Gasteiger partial charge in [0.25, 0.3) is 0 Å². The van der Waals surface area contributed by atoms with Crippen LogP contribution in [-0.4, -0.2) is 24.7 Å². The molecule has 1 N–H and O–H groups in total. The third-order valence-corrected chi connectivity index (χ3v) is 4.05. The van der Waals surface area contributed by atoms with E-state index in [0.717, 1.165) is 31.8 Å². The first-order chi connectivity index (χ1) is 10.2. The zero-order chi connectivity index (χ0) is 14.7. The van der Waals surface area contributed by atoms with Gasteiger partial charge in [0.1, 0.15) is 0 Å². The van der Waals surface area contributed by atoms with Crippen LogP contribution in [0, 0.1) is 6.92 Å². The van der Waals surface area contributed by atoms with Crippen molar-refractivity contribution in [3.8, 4) is 0 Å². The van der Waals surface area contributed by atoms with Gasteiger partial charge in [0.15, 0.2) is 0 Å². The van der Waals surface area contributed by atoms with Crippen molar-refractivity contribution in [2.75, 3.05) is 19.7 Å². The van der Waals surface area contributed by atoms with E-state index in [1.807, 2.05) is 12.1 Å². The highest BCUT2D eigenvalue weighted by molar-refractivity contribution is 6.30. The van der Waals surface area contributed by atoms with Crippen LogP contribution in [0.4, 0.5) is 0 Å². The number of morpholine rings is 1. The fraction of sp³-hybridized carbons (Fsp3) is 0.353. The van der Waals surface area contributed by atoms with Crippen LogP contribution in [0.1, 0.15) is 28.5 Å². The van der Waals surface area contributed by atoms with Crippen LogP contribution in [0.3, 0.4) is 0 Å². The van der Waals surface area contributed by atoms with E-state index >= 15 is 0 Å². The highest BCUT2D eigenvalue weighted by atomic mass is 35.5. The Morgan fingerprint density at radius 1 is 1.33 bits per heavy atom. The van der Waals surface area contributed by atoms with Crippen LogP contribution in [0.25, 0.3) is 0 Å². The average Bonchev–Trinajstić information content (AvgIpc) is 2.52. The molecular weight excluding hydrogens is 284 g/mol. The number of rotatable bonds is 3. The first-order valence-electron chi connectivity index (χ1n) is 7.24. The number of nitrogens with one attached hydrogen (secondary N) is 1. The molecule has 1 aromatic carbocycles. The standard InChI is InChI=1S/C17H19ClN2O/c1-12-8-14(17-11-19-6-7-21-17)3-2-13(12)9-16-5-4-15(18)10-20-16/h2-5,8,10,17,19H,6-7,9,11H2,1H3. The SMILES string of the molecule is Cc1cc(C2CNCCO2)ccc1Cc1ccc(Cl)cn1. The molecule has 21 heavy (non-hydrogen) atoms. The number of hydrogen-bond acceptors (Lipinski definition) is 3. The topological polar surface area (TPSA) is 34.1 Å². The molecule has 110 valence electrons. The highest BCUT2D eigenvalue weighted by Gasteiger charge is 2.16. The number of aryl methyl sites for hydroxylation is 1. The van der Waals surface area contributed by atoms with E-state index < -0.39 is 0 Å². The van der Waals surface area contributed by atoms with E-state index in [0.29, 0.717) is 5.02 Å². The van der Waals surface area contributed by atoms with Crippen molar-refractivity contribution >= 4 is 11.6 Å². The quantitative estimate of drug-likeness (QED) is 0.944. The third-order valence-electron chi connectivity index (χ3n) is 3.83. The molecule has 1 fully saturated rings. The lowest BCUT2D eigenvalue weighted by Crippen LogP contribution is -2.33. The molecule has 0 spiro atoms. The molecule has 0 radical (unpaired) electrons. The van der Waals surface area contributed by atoms with E-state index in [1.165, 1.54) is 16.7 Å². The zero-order valence-corrected chi connectivity index (χ0v) is 12.9. The number of pyridine rings is 1.